The molecule has 0 unspecified atom stereocenters. The molecule has 1 fully saturated rings. The fraction of sp³-hybridized carbons (Fsp3) is 0.387. The molecule has 0 saturated carbocycles. The van der Waals surface area contributed by atoms with Crippen LogP contribution < -0.4 is 10.2 Å². The van der Waals surface area contributed by atoms with E-state index in [9.17, 15) is 18.0 Å². The van der Waals surface area contributed by atoms with Crippen LogP contribution in [0.5, 0.6) is 0 Å². The molecule has 1 amide bonds. The molecule has 1 aliphatic rings. The van der Waals surface area contributed by atoms with Gasteiger partial charge in [0, 0.05) is 26.2 Å². The van der Waals surface area contributed by atoms with Crippen LogP contribution in [0.3, 0.4) is 0 Å². The summed E-state index contributed by atoms with van der Waals surface area (Å²) >= 11 is 1.30. The molecule has 1 N–H and O–H groups in total. The number of nitrogens with zero attached hydrogens (tertiary/aromatic N) is 5. The van der Waals surface area contributed by atoms with Crippen LogP contribution in [0, 0.1) is 0 Å². The summed E-state index contributed by atoms with van der Waals surface area (Å²) in [6.45, 7) is 6.72. The van der Waals surface area contributed by atoms with E-state index in [0.29, 0.717) is 21.9 Å². The van der Waals surface area contributed by atoms with E-state index < -0.39 is 27.9 Å². The lowest BCUT2D eigenvalue weighted by Crippen LogP contribution is -2.60. The van der Waals surface area contributed by atoms with Crippen molar-refractivity contribution in [3.8, 4) is 0 Å². The number of thiazole rings is 1. The molecule has 5 rings (SSSR count). The molecule has 232 valence electrons. The maximum absolute atomic E-state index is 13.9. The van der Waals surface area contributed by atoms with Gasteiger partial charge in [0.05, 0.1) is 22.4 Å². The molecule has 4 aromatic rings. The third-order valence-electron chi connectivity index (χ3n) is 7.54. The topological polar surface area (TPSA) is 135 Å². The highest BCUT2D eigenvalue weighted by Gasteiger charge is 2.41. The Bertz CT molecular complexity index is 1720. The van der Waals surface area contributed by atoms with Crippen molar-refractivity contribution in [1.29, 1.82) is 0 Å². The fourth-order valence-electron chi connectivity index (χ4n) is 5.13. The summed E-state index contributed by atoms with van der Waals surface area (Å²) in [6.07, 6.45) is 4.34. The number of esters is 1. The molecule has 13 heteroatoms. The minimum Gasteiger partial charge on any atom is -0.461 e. The number of aromatic nitrogens is 3. The van der Waals surface area contributed by atoms with E-state index in [1.165, 1.54) is 27.4 Å². The van der Waals surface area contributed by atoms with Gasteiger partial charge in [-0.1, -0.05) is 68.0 Å². The van der Waals surface area contributed by atoms with Crippen LogP contribution in [-0.2, 0) is 38.9 Å². The zero-order valence-corrected chi connectivity index (χ0v) is 26.7. The first-order valence-electron chi connectivity index (χ1n) is 14.8. The number of hydrogen-bond donors (Lipinski definition) is 1. The molecule has 0 spiro atoms. The molecule has 2 aromatic carbocycles. The Balaban J connectivity index is 1.42. The Kier molecular flexibility index (Phi) is 9.87. The van der Waals surface area contributed by atoms with E-state index in [4.69, 9.17) is 4.74 Å². The second-order valence-electron chi connectivity index (χ2n) is 10.5. The number of carbonyl (C=O) groups is 2. The molecule has 1 atom stereocenters. The number of piperazine rings is 1. The van der Waals surface area contributed by atoms with Gasteiger partial charge in [0.1, 0.15) is 11.6 Å². The Morgan fingerprint density at radius 2 is 1.70 bits per heavy atom. The summed E-state index contributed by atoms with van der Waals surface area (Å²) in [5.74, 6) is -1.02. The fourth-order valence-corrected chi connectivity index (χ4v) is 7.67. The summed E-state index contributed by atoms with van der Waals surface area (Å²) in [5.41, 5.74) is 3.55. The maximum atomic E-state index is 13.9. The van der Waals surface area contributed by atoms with E-state index >= 15 is 0 Å². The third kappa shape index (κ3) is 6.74. The Labute approximate surface area is 261 Å². The monoisotopic (exact) mass is 636 g/mol. The van der Waals surface area contributed by atoms with E-state index in [1.807, 2.05) is 36.1 Å². The van der Waals surface area contributed by atoms with E-state index in [-0.39, 0.29) is 36.8 Å². The smallest absolute Gasteiger partial charge is 0.361 e. The number of benzene rings is 2. The number of nitrogens with one attached hydrogen (secondary N) is 1. The number of aryl methyl sites for hydroxylation is 2. The van der Waals surface area contributed by atoms with Crippen LogP contribution in [0.25, 0.3) is 10.2 Å². The molecule has 0 radical (unpaired) electrons. The van der Waals surface area contributed by atoms with Crippen molar-refractivity contribution in [2.24, 2.45) is 0 Å². The number of amides is 1. The third-order valence-corrected chi connectivity index (χ3v) is 10.5. The van der Waals surface area contributed by atoms with Gasteiger partial charge in [0.25, 0.3) is 0 Å². The highest BCUT2D eigenvalue weighted by atomic mass is 32.2. The van der Waals surface area contributed by atoms with E-state index in [2.05, 4.69) is 27.4 Å². The van der Waals surface area contributed by atoms with Crippen LogP contribution in [0.1, 0.15) is 54.4 Å². The van der Waals surface area contributed by atoms with Gasteiger partial charge in [-0.15, -0.1) is 5.10 Å². The first kappa shape index (κ1) is 31.5. The van der Waals surface area contributed by atoms with Crippen molar-refractivity contribution in [3.05, 3.63) is 77.1 Å². The molecular formula is C31H36N6O5S2. The minimum absolute atomic E-state index is 0.0165. The van der Waals surface area contributed by atoms with Gasteiger partial charge in [-0.3, -0.25) is 4.79 Å². The first-order valence-corrected chi connectivity index (χ1v) is 17.0. The zero-order chi connectivity index (χ0) is 31.3. The lowest BCUT2D eigenvalue weighted by Gasteiger charge is -2.39. The number of hydrogen-bond acceptors (Lipinski definition) is 10. The Morgan fingerprint density at radius 3 is 2.39 bits per heavy atom. The Hall–Kier alpha value is -3.94. The highest BCUT2D eigenvalue weighted by molar-refractivity contribution is 7.89. The molecule has 0 aliphatic carbocycles. The largest absolute Gasteiger partial charge is 0.461 e. The molecule has 2 aromatic heterocycles. The average Bonchev–Trinajstić information content (AvgIpc) is 3.49. The van der Waals surface area contributed by atoms with Crippen LogP contribution in [0.2, 0.25) is 0 Å². The van der Waals surface area contributed by atoms with E-state index in [1.54, 1.807) is 31.2 Å². The predicted molar refractivity (Wildman–Crippen MR) is 169 cm³/mol. The second-order valence-corrected chi connectivity index (χ2v) is 13.4. The number of rotatable bonds is 11. The SMILES string of the molecule is CCCc1ccc(CNC(=O)[C@H]2CN(c3nc4c(C(=O)OCC)nncc4s3)CCN2S(=O)(=O)c2ccc(CC)cc2)cc1. The van der Waals surface area contributed by atoms with Gasteiger partial charge in [-0.05, 0) is 48.6 Å². The van der Waals surface area contributed by atoms with Gasteiger partial charge in [-0.25, -0.2) is 18.2 Å². The minimum atomic E-state index is -3.98. The number of fused-ring (bicyclic) bond motifs is 1. The van der Waals surface area contributed by atoms with Gasteiger partial charge >= 0.3 is 5.97 Å². The number of sulfonamides is 1. The molecule has 1 saturated heterocycles. The van der Waals surface area contributed by atoms with Crippen molar-refractivity contribution in [2.75, 3.05) is 31.1 Å². The lowest BCUT2D eigenvalue weighted by atomic mass is 10.1. The standard InChI is InChI=1S/C31H36N6O5S2/c1-4-7-22-8-10-23(11-9-22)18-32-29(38)25-20-36(16-17-37(25)44(40,41)24-14-12-21(5-2)13-15-24)31-34-27-26(43-31)19-33-35-28(27)30(39)42-6-3/h8-15,19,25H,4-7,16-18,20H2,1-3H3,(H,32,38)/t25-/m1/s1. The summed E-state index contributed by atoms with van der Waals surface area (Å²) in [5, 5.41) is 11.4. The molecule has 11 nitrogen and oxygen atoms in total. The molecular weight excluding hydrogens is 601 g/mol. The summed E-state index contributed by atoms with van der Waals surface area (Å²) in [4.78, 5) is 32.9. The van der Waals surface area contributed by atoms with Crippen molar-refractivity contribution < 1.29 is 22.7 Å². The maximum Gasteiger partial charge on any atom is 0.361 e. The predicted octanol–water partition coefficient (Wildman–Crippen LogP) is 3.97. The summed E-state index contributed by atoms with van der Waals surface area (Å²) in [7, 11) is -3.98. The van der Waals surface area contributed by atoms with Gasteiger partial charge in [0.15, 0.2) is 10.8 Å². The van der Waals surface area contributed by atoms with Crippen LogP contribution in [0.4, 0.5) is 5.13 Å². The quantitative estimate of drug-likeness (QED) is 0.243. The number of carbonyl (C=O) groups excluding carboxylic acids is 2. The zero-order valence-electron chi connectivity index (χ0n) is 25.0. The van der Waals surface area contributed by atoms with Crippen LogP contribution in [-0.4, -0.2) is 72.1 Å². The van der Waals surface area contributed by atoms with Crippen molar-refractivity contribution in [3.63, 3.8) is 0 Å². The highest BCUT2D eigenvalue weighted by Crippen LogP contribution is 2.32. The van der Waals surface area contributed by atoms with Crippen LogP contribution in [0.15, 0.2) is 59.6 Å². The molecule has 0 bridgehead atoms. The molecule has 1 aliphatic heterocycles. The second kappa shape index (κ2) is 13.8. The van der Waals surface area contributed by atoms with Crippen molar-refractivity contribution in [1.82, 2.24) is 24.8 Å². The summed E-state index contributed by atoms with van der Waals surface area (Å²) < 4.78 is 34.8. The first-order chi connectivity index (χ1) is 21.2. The van der Waals surface area contributed by atoms with Gasteiger partial charge < -0.3 is 15.0 Å². The average molecular weight is 637 g/mol. The number of ether oxygens (including phenoxy) is 1. The Morgan fingerprint density at radius 1 is 1.00 bits per heavy atom. The molecule has 3 heterocycles. The van der Waals surface area contributed by atoms with E-state index in [0.717, 1.165) is 30.4 Å². The van der Waals surface area contributed by atoms with Crippen molar-refractivity contribution in [2.45, 2.75) is 57.5 Å². The lowest BCUT2D eigenvalue weighted by molar-refractivity contribution is -0.125. The molecule has 44 heavy (non-hydrogen) atoms. The van der Waals surface area contributed by atoms with Gasteiger partial charge in [-0.2, -0.15) is 9.40 Å². The van der Waals surface area contributed by atoms with Gasteiger partial charge in [0.2, 0.25) is 15.9 Å². The van der Waals surface area contributed by atoms with Crippen molar-refractivity contribution >= 4 is 48.6 Å². The van der Waals surface area contributed by atoms with Crippen LogP contribution >= 0.6 is 11.3 Å². The normalized spacial score (nSPS) is 15.8. The summed E-state index contributed by atoms with van der Waals surface area (Å²) in [6, 6.07) is 13.8. The number of anilines is 1.